The fraction of sp³-hybridized carbons (Fsp3) is 0.375. The highest BCUT2D eigenvalue weighted by Gasteiger charge is 2.39. The number of hydrogen-bond donors (Lipinski definition) is 1. The molecule has 0 radical (unpaired) electrons. The number of hydrogen-bond acceptors (Lipinski definition) is 7. The Morgan fingerprint density at radius 2 is 1.91 bits per heavy atom. The van der Waals surface area contributed by atoms with Gasteiger partial charge in [-0.3, -0.25) is 9.36 Å². The van der Waals surface area contributed by atoms with Crippen molar-refractivity contribution in [3.63, 3.8) is 0 Å². The van der Waals surface area contributed by atoms with Gasteiger partial charge in [0, 0.05) is 23.3 Å². The standard InChI is InChI=1S/C24H26ClN3O6/c1-24(2,33-5)23-27-26-22-18(12-19(29)30)34-20(14-7-6-8-17(31-3)21(14)32-4)15-11-13(25)9-10-16(15)28(22)23/h6-11,18,20H,12H2,1-5H3,(H,29,30). The average Bonchev–Trinajstić information content (AvgIpc) is 3.22. The predicted octanol–water partition coefficient (Wildman–Crippen LogP) is 4.45. The molecule has 0 bridgehead atoms. The third-order valence-corrected chi connectivity index (χ3v) is 6.15. The number of para-hydroxylation sites is 1. The highest BCUT2D eigenvalue weighted by molar-refractivity contribution is 6.30. The number of nitrogens with zero attached hydrogens (tertiary/aromatic N) is 3. The van der Waals surface area contributed by atoms with Gasteiger partial charge in [0.2, 0.25) is 0 Å². The van der Waals surface area contributed by atoms with Crippen molar-refractivity contribution >= 4 is 17.6 Å². The zero-order valence-electron chi connectivity index (χ0n) is 19.5. The number of carbonyl (C=O) groups is 1. The van der Waals surface area contributed by atoms with Gasteiger partial charge in [0.25, 0.3) is 0 Å². The van der Waals surface area contributed by atoms with Gasteiger partial charge >= 0.3 is 5.97 Å². The van der Waals surface area contributed by atoms with Gasteiger partial charge < -0.3 is 24.1 Å². The summed E-state index contributed by atoms with van der Waals surface area (Å²) in [6, 6.07) is 10.8. The number of aromatic nitrogens is 3. The van der Waals surface area contributed by atoms with Crippen molar-refractivity contribution in [1.29, 1.82) is 0 Å². The Morgan fingerprint density at radius 3 is 2.56 bits per heavy atom. The Labute approximate surface area is 202 Å². The summed E-state index contributed by atoms with van der Waals surface area (Å²) in [7, 11) is 4.67. The first-order valence-electron chi connectivity index (χ1n) is 10.6. The van der Waals surface area contributed by atoms with E-state index in [0.29, 0.717) is 45.0 Å². The third-order valence-electron chi connectivity index (χ3n) is 5.91. The lowest BCUT2D eigenvalue weighted by molar-refractivity contribution is -0.141. The first-order chi connectivity index (χ1) is 16.2. The molecule has 180 valence electrons. The van der Waals surface area contributed by atoms with E-state index in [-0.39, 0.29) is 6.42 Å². The molecule has 2 unspecified atom stereocenters. The van der Waals surface area contributed by atoms with Gasteiger partial charge in [0.1, 0.15) is 17.8 Å². The monoisotopic (exact) mass is 487 g/mol. The van der Waals surface area contributed by atoms with Gasteiger partial charge in [-0.05, 0) is 38.1 Å². The van der Waals surface area contributed by atoms with Gasteiger partial charge in [0.15, 0.2) is 23.1 Å². The topological polar surface area (TPSA) is 105 Å². The number of carboxylic acid groups (broad SMARTS) is 1. The van der Waals surface area contributed by atoms with Crippen molar-refractivity contribution < 1.29 is 28.8 Å². The first kappa shape index (κ1) is 24.0. The van der Waals surface area contributed by atoms with Crippen LogP contribution in [0.3, 0.4) is 0 Å². The molecular weight excluding hydrogens is 462 g/mol. The summed E-state index contributed by atoms with van der Waals surface area (Å²) in [6.45, 7) is 3.72. The normalized spacial score (nSPS) is 17.5. The summed E-state index contributed by atoms with van der Waals surface area (Å²) in [5.74, 6) is 0.825. The Morgan fingerprint density at radius 1 is 1.15 bits per heavy atom. The van der Waals surface area contributed by atoms with Crippen LogP contribution in [0.4, 0.5) is 0 Å². The summed E-state index contributed by atoms with van der Waals surface area (Å²) in [5, 5.41) is 18.9. The molecular formula is C24H26ClN3O6. The SMILES string of the molecule is COc1cccc(C2OC(CC(=O)O)c3nnc(C(C)(C)OC)n3-c3ccc(Cl)cc32)c1OC. The summed E-state index contributed by atoms with van der Waals surface area (Å²) in [6.07, 6.45) is -1.97. The van der Waals surface area contributed by atoms with Crippen LogP contribution in [-0.2, 0) is 19.9 Å². The number of carboxylic acids is 1. The van der Waals surface area contributed by atoms with E-state index in [1.807, 2.05) is 32.0 Å². The van der Waals surface area contributed by atoms with Crippen molar-refractivity contribution in [3.8, 4) is 17.2 Å². The molecule has 0 saturated carbocycles. The van der Waals surface area contributed by atoms with Crippen LogP contribution in [0.2, 0.25) is 5.02 Å². The van der Waals surface area contributed by atoms with Crippen LogP contribution in [0, 0.1) is 0 Å². The molecule has 3 aromatic rings. The molecule has 2 atom stereocenters. The van der Waals surface area contributed by atoms with Crippen molar-refractivity contribution in [1.82, 2.24) is 14.8 Å². The van der Waals surface area contributed by atoms with Crippen molar-refractivity contribution in [2.24, 2.45) is 0 Å². The van der Waals surface area contributed by atoms with Gasteiger partial charge in [-0.2, -0.15) is 0 Å². The second-order valence-corrected chi connectivity index (χ2v) is 8.76. The van der Waals surface area contributed by atoms with Crippen LogP contribution in [0.15, 0.2) is 36.4 Å². The van der Waals surface area contributed by atoms with Gasteiger partial charge in [-0.25, -0.2) is 0 Å². The van der Waals surface area contributed by atoms with Crippen molar-refractivity contribution in [2.75, 3.05) is 21.3 Å². The summed E-state index contributed by atoms with van der Waals surface area (Å²) >= 11 is 6.42. The molecule has 1 aliphatic rings. The van der Waals surface area contributed by atoms with Crippen LogP contribution in [0.5, 0.6) is 11.5 Å². The molecule has 2 heterocycles. The molecule has 0 saturated heterocycles. The summed E-state index contributed by atoms with van der Waals surface area (Å²) in [4.78, 5) is 11.8. The maximum atomic E-state index is 11.8. The fourth-order valence-corrected chi connectivity index (χ4v) is 4.30. The smallest absolute Gasteiger partial charge is 0.306 e. The number of aliphatic carboxylic acids is 1. The quantitative estimate of drug-likeness (QED) is 0.521. The van der Waals surface area contributed by atoms with E-state index < -0.39 is 23.8 Å². The molecule has 0 spiro atoms. The van der Waals surface area contributed by atoms with Crippen LogP contribution in [0.25, 0.3) is 5.69 Å². The Bertz CT molecular complexity index is 1230. The van der Waals surface area contributed by atoms with E-state index in [1.165, 1.54) is 0 Å². The zero-order valence-corrected chi connectivity index (χ0v) is 20.3. The predicted molar refractivity (Wildman–Crippen MR) is 124 cm³/mol. The minimum atomic E-state index is -1.03. The van der Waals surface area contributed by atoms with Crippen molar-refractivity contribution in [2.45, 2.75) is 38.1 Å². The van der Waals surface area contributed by atoms with E-state index in [4.69, 9.17) is 30.5 Å². The van der Waals surface area contributed by atoms with E-state index in [1.54, 1.807) is 44.1 Å². The van der Waals surface area contributed by atoms with Gasteiger partial charge in [0.05, 0.1) is 26.3 Å². The van der Waals surface area contributed by atoms with E-state index >= 15 is 0 Å². The second kappa shape index (κ2) is 9.25. The highest BCUT2D eigenvalue weighted by Crippen LogP contribution is 2.47. The summed E-state index contributed by atoms with van der Waals surface area (Å²) in [5.41, 5.74) is 1.24. The zero-order chi connectivity index (χ0) is 24.6. The molecule has 9 nitrogen and oxygen atoms in total. The highest BCUT2D eigenvalue weighted by atomic mass is 35.5. The lowest BCUT2D eigenvalue weighted by atomic mass is 9.97. The van der Waals surface area contributed by atoms with Gasteiger partial charge in [-0.1, -0.05) is 23.7 Å². The number of benzene rings is 2. The van der Waals surface area contributed by atoms with E-state index in [0.717, 1.165) is 0 Å². The number of ether oxygens (including phenoxy) is 4. The fourth-order valence-electron chi connectivity index (χ4n) is 4.12. The maximum Gasteiger partial charge on any atom is 0.306 e. The first-order valence-corrected chi connectivity index (χ1v) is 11.0. The van der Waals surface area contributed by atoms with Crippen LogP contribution in [-0.4, -0.2) is 47.2 Å². The van der Waals surface area contributed by atoms with E-state index in [2.05, 4.69) is 10.2 Å². The minimum Gasteiger partial charge on any atom is -0.493 e. The molecule has 2 aromatic carbocycles. The molecule has 34 heavy (non-hydrogen) atoms. The van der Waals surface area contributed by atoms with Crippen LogP contribution in [0.1, 0.15) is 55.3 Å². The number of fused-ring (bicyclic) bond motifs is 3. The van der Waals surface area contributed by atoms with Crippen LogP contribution < -0.4 is 9.47 Å². The third kappa shape index (κ3) is 4.11. The average molecular weight is 488 g/mol. The molecule has 1 aromatic heterocycles. The minimum absolute atomic E-state index is 0.323. The molecule has 4 rings (SSSR count). The second-order valence-electron chi connectivity index (χ2n) is 8.32. The maximum absolute atomic E-state index is 11.8. The molecule has 1 N–H and O–H groups in total. The van der Waals surface area contributed by atoms with Gasteiger partial charge in [-0.15, -0.1) is 10.2 Å². The molecule has 0 fully saturated rings. The Hall–Kier alpha value is -3.14. The summed E-state index contributed by atoms with van der Waals surface area (Å²) < 4.78 is 25.1. The molecule has 10 heteroatoms. The van der Waals surface area contributed by atoms with E-state index in [9.17, 15) is 9.90 Å². The lowest BCUT2D eigenvalue weighted by Crippen LogP contribution is -2.25. The largest absolute Gasteiger partial charge is 0.493 e. The Balaban J connectivity index is 2.04. The number of rotatable bonds is 7. The Kier molecular flexibility index (Phi) is 6.53. The molecule has 0 aliphatic carbocycles. The number of halogens is 1. The number of methoxy groups -OCH3 is 3. The van der Waals surface area contributed by atoms with Crippen LogP contribution >= 0.6 is 11.6 Å². The molecule has 0 amide bonds. The molecule has 1 aliphatic heterocycles. The lowest BCUT2D eigenvalue weighted by Gasteiger charge is -2.25. The van der Waals surface area contributed by atoms with Crippen molar-refractivity contribution in [3.05, 3.63) is 64.2 Å².